The summed E-state index contributed by atoms with van der Waals surface area (Å²) in [4.78, 5) is 36.7. The van der Waals surface area contributed by atoms with E-state index in [2.05, 4.69) is 15.2 Å². The van der Waals surface area contributed by atoms with Crippen molar-refractivity contribution in [1.82, 2.24) is 34.8 Å². The standard InChI is InChI=1S/C32H35ClF5N9O3/c1-30(2,3)15-31(20-8-5-18(6-9-20)22-11-12-45(4)44-22)27(48)46(28(39)43-31)24(14-50-29(49)40-16-32(36,37)38)19-7-10-21(33)23(13-19)47-26(25(34)35)41-17-42-47/h5-8,10-13,17,20,24-25H,9,14-16H2,1-4H3,(H2,39,43)(H,40,49)/t20?,24-,31-/m1/s1. The molecule has 3 aromatic rings. The van der Waals surface area contributed by atoms with Crippen LogP contribution in [0.2, 0.25) is 5.02 Å². The lowest BCUT2D eigenvalue weighted by atomic mass is 9.70. The number of carbonyl (C=O) groups is 2. The van der Waals surface area contributed by atoms with Gasteiger partial charge in [-0.3, -0.25) is 14.4 Å². The van der Waals surface area contributed by atoms with Crippen molar-refractivity contribution < 1.29 is 36.3 Å². The summed E-state index contributed by atoms with van der Waals surface area (Å²) >= 11 is 6.39. The first-order chi connectivity index (χ1) is 23.4. The number of allylic oxidation sites excluding steroid dienone is 3. The van der Waals surface area contributed by atoms with E-state index in [0.717, 1.165) is 27.2 Å². The number of aliphatic imine (C=N–C) groups is 1. The smallest absolute Gasteiger partial charge is 0.407 e. The van der Waals surface area contributed by atoms with E-state index in [0.29, 0.717) is 6.42 Å². The maximum absolute atomic E-state index is 14.8. The number of aromatic nitrogens is 5. The Labute approximate surface area is 288 Å². The Balaban J connectivity index is 1.54. The first-order valence-corrected chi connectivity index (χ1v) is 15.8. The Morgan fingerprint density at radius 3 is 2.56 bits per heavy atom. The van der Waals surface area contributed by atoms with Gasteiger partial charge in [0.2, 0.25) is 0 Å². The molecule has 3 N–H and O–H groups in total. The van der Waals surface area contributed by atoms with Gasteiger partial charge in [0.05, 0.1) is 22.4 Å². The van der Waals surface area contributed by atoms with Crippen LogP contribution in [0.15, 0.2) is 60.0 Å². The third kappa shape index (κ3) is 7.82. The summed E-state index contributed by atoms with van der Waals surface area (Å²) in [6.07, 6.45) is -0.106. The minimum atomic E-state index is -4.71. The maximum Gasteiger partial charge on any atom is 0.407 e. The van der Waals surface area contributed by atoms with E-state index in [4.69, 9.17) is 27.1 Å². The number of ether oxygens (including phenoxy) is 1. The number of nitrogens with one attached hydrogen (secondary N) is 1. The minimum Gasteiger partial charge on any atom is -0.447 e. The molecule has 3 atom stereocenters. The Morgan fingerprint density at radius 2 is 1.96 bits per heavy atom. The van der Waals surface area contributed by atoms with Crippen LogP contribution >= 0.6 is 11.6 Å². The number of alkyl halides is 5. The van der Waals surface area contributed by atoms with Gasteiger partial charge in [-0.1, -0.05) is 56.7 Å². The minimum absolute atomic E-state index is 0.0111. The van der Waals surface area contributed by atoms with E-state index < -0.39 is 66.5 Å². The number of nitrogens with two attached hydrogens (primary N) is 1. The molecule has 18 heteroatoms. The molecule has 0 saturated carbocycles. The number of hydrogen-bond donors (Lipinski definition) is 2. The second kappa shape index (κ2) is 13.8. The number of rotatable bonds is 10. The molecule has 0 bridgehead atoms. The van der Waals surface area contributed by atoms with Gasteiger partial charge in [0.25, 0.3) is 12.3 Å². The molecule has 0 radical (unpaired) electrons. The fourth-order valence-corrected chi connectivity index (χ4v) is 6.33. The topological polar surface area (TPSA) is 146 Å². The van der Waals surface area contributed by atoms with Gasteiger partial charge in [-0.25, -0.2) is 28.2 Å². The molecule has 2 aromatic heterocycles. The molecule has 12 nitrogen and oxygen atoms in total. The zero-order valence-electron chi connectivity index (χ0n) is 27.5. The first kappa shape index (κ1) is 36.5. The van der Waals surface area contributed by atoms with Crippen LogP contribution in [-0.4, -0.2) is 72.3 Å². The molecular formula is C32H35ClF5N9O3. The number of nitrogens with zero attached hydrogens (tertiary/aromatic N) is 7. The van der Waals surface area contributed by atoms with Gasteiger partial charge in [0.15, 0.2) is 17.3 Å². The van der Waals surface area contributed by atoms with Gasteiger partial charge in [-0.2, -0.15) is 23.4 Å². The average molecular weight is 724 g/mol. The predicted molar refractivity (Wildman–Crippen MR) is 173 cm³/mol. The number of halogens is 6. The van der Waals surface area contributed by atoms with E-state index in [1.165, 1.54) is 18.2 Å². The Kier molecular flexibility index (Phi) is 10.1. The molecule has 1 aliphatic carbocycles. The molecule has 5 rings (SSSR count). The number of guanidine groups is 1. The lowest BCUT2D eigenvalue weighted by molar-refractivity contribution is -0.136. The van der Waals surface area contributed by atoms with Gasteiger partial charge in [0, 0.05) is 19.2 Å². The summed E-state index contributed by atoms with van der Waals surface area (Å²) in [6.45, 7) is 3.46. The molecule has 268 valence electrons. The molecule has 2 amide bonds. The van der Waals surface area contributed by atoms with Crippen LogP contribution in [0.5, 0.6) is 0 Å². The lowest BCUT2D eigenvalue weighted by Gasteiger charge is -2.38. The molecule has 0 saturated heterocycles. The van der Waals surface area contributed by atoms with Crippen molar-refractivity contribution in [2.45, 2.75) is 57.8 Å². The summed E-state index contributed by atoms with van der Waals surface area (Å²) < 4.78 is 73.6. The first-order valence-electron chi connectivity index (χ1n) is 15.4. The largest absolute Gasteiger partial charge is 0.447 e. The highest BCUT2D eigenvalue weighted by Crippen LogP contribution is 2.46. The van der Waals surface area contributed by atoms with Crippen molar-refractivity contribution in [3.8, 4) is 5.69 Å². The van der Waals surface area contributed by atoms with Crippen molar-refractivity contribution in [1.29, 1.82) is 0 Å². The Hall–Kier alpha value is -4.80. The van der Waals surface area contributed by atoms with Gasteiger partial charge in [-0.15, -0.1) is 0 Å². The van der Waals surface area contributed by atoms with Crippen LogP contribution in [0.3, 0.4) is 0 Å². The van der Waals surface area contributed by atoms with Crippen LogP contribution in [0, 0.1) is 11.3 Å². The molecule has 1 aliphatic heterocycles. The van der Waals surface area contributed by atoms with E-state index in [1.54, 1.807) is 17.0 Å². The van der Waals surface area contributed by atoms with Crippen molar-refractivity contribution in [3.05, 3.63) is 77.1 Å². The summed E-state index contributed by atoms with van der Waals surface area (Å²) in [5.41, 5.74) is 6.36. The van der Waals surface area contributed by atoms with Gasteiger partial charge in [0.1, 0.15) is 19.5 Å². The van der Waals surface area contributed by atoms with E-state index in [9.17, 15) is 31.5 Å². The summed E-state index contributed by atoms with van der Waals surface area (Å²) in [5, 5.41) is 9.92. The maximum atomic E-state index is 14.8. The predicted octanol–water partition coefficient (Wildman–Crippen LogP) is 5.91. The molecule has 2 aliphatic rings. The Morgan fingerprint density at radius 1 is 1.22 bits per heavy atom. The monoisotopic (exact) mass is 723 g/mol. The van der Waals surface area contributed by atoms with Gasteiger partial charge >= 0.3 is 12.3 Å². The molecule has 3 heterocycles. The number of carbonyl (C=O) groups excluding carboxylic acids is 2. The number of hydrogen-bond acceptors (Lipinski definition) is 8. The van der Waals surface area contributed by atoms with Crippen LogP contribution < -0.4 is 11.1 Å². The normalized spacial score (nSPS) is 20.3. The number of amides is 2. The summed E-state index contributed by atoms with van der Waals surface area (Å²) in [7, 11) is 1.80. The average Bonchev–Trinajstić information content (AvgIpc) is 3.75. The van der Waals surface area contributed by atoms with Crippen LogP contribution in [-0.2, 0) is 16.6 Å². The van der Waals surface area contributed by atoms with E-state index in [-0.39, 0.29) is 28.7 Å². The molecule has 50 heavy (non-hydrogen) atoms. The van der Waals surface area contributed by atoms with E-state index in [1.807, 2.05) is 51.3 Å². The summed E-state index contributed by atoms with van der Waals surface area (Å²) in [6, 6.07) is 4.70. The highest BCUT2D eigenvalue weighted by Gasteiger charge is 2.55. The highest BCUT2D eigenvalue weighted by molar-refractivity contribution is 6.32. The summed E-state index contributed by atoms with van der Waals surface area (Å²) in [5.74, 6) is -1.98. The van der Waals surface area contributed by atoms with Gasteiger partial charge < -0.3 is 15.8 Å². The number of benzene rings is 1. The molecule has 0 fully saturated rings. The SMILES string of the molecule is Cn1ccc(C2=CCC([C@@]3(CC(C)(C)C)N=C(N)N([C@H](COC(=O)NCC(F)(F)F)c4ccc(Cl)c(-n5ncnc5C(F)F)c4)C3=O)C=C2)n1. The van der Waals surface area contributed by atoms with Crippen LogP contribution in [0.4, 0.5) is 26.7 Å². The van der Waals surface area contributed by atoms with Crippen LogP contribution in [0.25, 0.3) is 11.3 Å². The lowest BCUT2D eigenvalue weighted by Crippen LogP contribution is -2.51. The van der Waals surface area contributed by atoms with Crippen molar-refractivity contribution in [2.75, 3.05) is 13.2 Å². The van der Waals surface area contributed by atoms with Gasteiger partial charge in [-0.05, 0) is 47.6 Å². The number of aryl methyl sites for hydroxylation is 1. The van der Waals surface area contributed by atoms with Crippen molar-refractivity contribution in [3.63, 3.8) is 0 Å². The molecule has 1 unspecified atom stereocenters. The van der Waals surface area contributed by atoms with Crippen molar-refractivity contribution in [2.24, 2.45) is 29.1 Å². The zero-order valence-corrected chi connectivity index (χ0v) is 28.2. The molecule has 1 aromatic carbocycles. The zero-order chi connectivity index (χ0) is 36.6. The fraction of sp³-hybridized carbons (Fsp3) is 0.438. The second-order valence-corrected chi connectivity index (χ2v) is 13.6. The number of alkyl carbamates (subject to hydrolysis) is 1. The third-order valence-corrected chi connectivity index (χ3v) is 8.46. The fourth-order valence-electron chi connectivity index (χ4n) is 6.13. The third-order valence-electron chi connectivity index (χ3n) is 8.14. The van der Waals surface area contributed by atoms with Crippen LogP contribution in [0.1, 0.15) is 63.2 Å². The molecule has 0 spiro atoms. The van der Waals surface area contributed by atoms with Crippen molar-refractivity contribution >= 4 is 35.1 Å². The second-order valence-electron chi connectivity index (χ2n) is 13.2. The highest BCUT2D eigenvalue weighted by atomic mass is 35.5. The van der Waals surface area contributed by atoms with E-state index >= 15 is 0 Å². The quantitative estimate of drug-likeness (QED) is 0.247. The Bertz CT molecular complexity index is 1850. The molecular weight excluding hydrogens is 689 g/mol.